The van der Waals surface area contributed by atoms with E-state index in [9.17, 15) is 22.8 Å². The van der Waals surface area contributed by atoms with E-state index in [-0.39, 0.29) is 16.0 Å². The predicted molar refractivity (Wildman–Crippen MR) is 85.2 cm³/mol. The molecule has 0 spiro atoms. The Morgan fingerprint density at radius 1 is 1.19 bits per heavy atom. The number of likely N-dealkylation sites (N-methyl/N-ethyl adjacent to an activating group) is 1. The van der Waals surface area contributed by atoms with Crippen molar-refractivity contribution >= 4 is 17.1 Å². The first-order valence-corrected chi connectivity index (χ1v) is 7.42. The van der Waals surface area contributed by atoms with Crippen LogP contribution in [0.15, 0.2) is 39.5 Å². The van der Waals surface area contributed by atoms with Crippen LogP contribution in [-0.4, -0.2) is 39.4 Å². The number of hydrogen-bond acceptors (Lipinski definition) is 5. The smallest absolute Gasteiger partial charge is 0.417 e. The van der Waals surface area contributed by atoms with Crippen molar-refractivity contribution in [3.8, 4) is 11.5 Å². The highest BCUT2D eigenvalue weighted by Crippen LogP contribution is 2.29. The molecule has 7 nitrogen and oxygen atoms in total. The molecule has 0 unspecified atom stereocenters. The summed E-state index contributed by atoms with van der Waals surface area (Å²) in [6, 6.07) is 8.37. The molecule has 0 aliphatic rings. The second-order valence-electron chi connectivity index (χ2n) is 5.65. The lowest BCUT2D eigenvalue weighted by molar-refractivity contribution is -0.149. The summed E-state index contributed by atoms with van der Waals surface area (Å²) in [6.45, 7) is -0.808. The van der Waals surface area contributed by atoms with Crippen molar-refractivity contribution in [2.24, 2.45) is 0 Å². The molecule has 0 saturated heterocycles. The van der Waals surface area contributed by atoms with E-state index in [1.807, 2.05) is 0 Å². The zero-order valence-electron chi connectivity index (χ0n) is 13.7. The average Bonchev–Trinajstić information content (AvgIpc) is 3.01. The number of hydrogen-bond donors (Lipinski definition) is 0. The molecule has 2 aromatic heterocycles. The molecule has 0 aliphatic carbocycles. The fraction of sp³-hybridized carbons (Fsp3) is 0.250. The highest BCUT2D eigenvalue weighted by molar-refractivity contribution is 5.76. The first-order valence-electron chi connectivity index (χ1n) is 7.42. The second kappa shape index (κ2) is 6.28. The number of benzene rings is 1. The van der Waals surface area contributed by atoms with E-state index in [0.717, 1.165) is 4.90 Å². The maximum atomic E-state index is 13.3. The molecule has 0 bridgehead atoms. The Labute approximate surface area is 144 Å². The molecule has 1 aromatic carbocycles. The Kier molecular flexibility index (Phi) is 4.26. The highest BCUT2D eigenvalue weighted by Gasteiger charge is 2.38. The SMILES string of the molecule is CN(C)C(=O)Cn1c(C(F)(F)F)nc2oc(-c3ccccc3)nc2c1=O. The molecule has 10 heteroatoms. The van der Waals surface area contributed by atoms with E-state index in [1.165, 1.54) is 14.1 Å². The Balaban J connectivity index is 2.23. The molecule has 0 aliphatic heterocycles. The van der Waals surface area contributed by atoms with Crippen molar-refractivity contribution in [2.75, 3.05) is 14.1 Å². The van der Waals surface area contributed by atoms with Crippen LogP contribution in [0.25, 0.3) is 22.7 Å². The molecular weight excluding hydrogens is 353 g/mol. The largest absolute Gasteiger partial charge is 0.449 e. The van der Waals surface area contributed by atoms with Crippen LogP contribution >= 0.6 is 0 Å². The van der Waals surface area contributed by atoms with Crippen LogP contribution in [0, 0.1) is 0 Å². The van der Waals surface area contributed by atoms with Gasteiger partial charge in [0.15, 0.2) is 5.52 Å². The topological polar surface area (TPSA) is 81.2 Å². The van der Waals surface area contributed by atoms with Crippen molar-refractivity contribution in [1.29, 1.82) is 0 Å². The van der Waals surface area contributed by atoms with Crippen molar-refractivity contribution < 1.29 is 22.4 Å². The minimum Gasteiger partial charge on any atom is -0.417 e. The molecular formula is C16H13F3N4O3. The van der Waals surface area contributed by atoms with Gasteiger partial charge in [0.05, 0.1) is 0 Å². The fourth-order valence-corrected chi connectivity index (χ4v) is 2.25. The fourth-order valence-electron chi connectivity index (χ4n) is 2.25. The van der Waals surface area contributed by atoms with E-state index < -0.39 is 35.7 Å². The van der Waals surface area contributed by atoms with E-state index in [1.54, 1.807) is 30.3 Å². The molecule has 0 saturated carbocycles. The van der Waals surface area contributed by atoms with Gasteiger partial charge in [0.2, 0.25) is 17.6 Å². The van der Waals surface area contributed by atoms with Crippen molar-refractivity contribution in [3.63, 3.8) is 0 Å². The maximum absolute atomic E-state index is 13.3. The number of aromatic nitrogens is 3. The summed E-state index contributed by atoms with van der Waals surface area (Å²) in [7, 11) is 2.74. The van der Waals surface area contributed by atoms with Crippen molar-refractivity contribution in [3.05, 3.63) is 46.5 Å². The van der Waals surface area contributed by atoms with Gasteiger partial charge >= 0.3 is 6.18 Å². The molecule has 26 heavy (non-hydrogen) atoms. The van der Waals surface area contributed by atoms with Crippen LogP contribution in [0.4, 0.5) is 13.2 Å². The molecule has 136 valence electrons. The van der Waals surface area contributed by atoms with Crippen LogP contribution in [-0.2, 0) is 17.5 Å². The van der Waals surface area contributed by atoms with Crippen molar-refractivity contribution in [1.82, 2.24) is 19.4 Å². The van der Waals surface area contributed by atoms with Crippen LogP contribution in [0.2, 0.25) is 0 Å². The lowest BCUT2D eigenvalue weighted by Crippen LogP contribution is -2.36. The number of fused-ring (bicyclic) bond motifs is 1. The Hall–Kier alpha value is -3.17. The van der Waals surface area contributed by atoms with Gasteiger partial charge in [0, 0.05) is 19.7 Å². The van der Waals surface area contributed by atoms with Gasteiger partial charge in [0.1, 0.15) is 6.54 Å². The molecule has 1 amide bonds. The van der Waals surface area contributed by atoms with Gasteiger partial charge in [-0.15, -0.1) is 0 Å². The quantitative estimate of drug-likeness (QED) is 0.710. The third-order valence-electron chi connectivity index (χ3n) is 3.59. The number of halogens is 3. The highest BCUT2D eigenvalue weighted by atomic mass is 19.4. The van der Waals surface area contributed by atoms with E-state index >= 15 is 0 Å². The van der Waals surface area contributed by atoms with Gasteiger partial charge in [-0.3, -0.25) is 14.2 Å². The normalized spacial score (nSPS) is 11.7. The molecule has 0 N–H and O–H groups in total. The summed E-state index contributed by atoms with van der Waals surface area (Å²) in [5.41, 5.74) is -1.52. The zero-order valence-corrected chi connectivity index (χ0v) is 13.7. The average molecular weight is 366 g/mol. The van der Waals surface area contributed by atoms with E-state index in [0.29, 0.717) is 5.56 Å². The van der Waals surface area contributed by atoms with E-state index in [4.69, 9.17) is 4.42 Å². The van der Waals surface area contributed by atoms with Gasteiger partial charge in [-0.2, -0.15) is 18.2 Å². The lowest BCUT2D eigenvalue weighted by Gasteiger charge is -2.15. The van der Waals surface area contributed by atoms with Gasteiger partial charge in [-0.1, -0.05) is 18.2 Å². The van der Waals surface area contributed by atoms with Gasteiger partial charge in [0.25, 0.3) is 11.3 Å². The number of carbonyl (C=O) groups is 1. The molecule has 0 atom stereocenters. The molecule has 0 fully saturated rings. The Bertz CT molecular complexity index is 1020. The minimum absolute atomic E-state index is 0.0324. The number of nitrogens with zero attached hydrogens (tertiary/aromatic N) is 4. The van der Waals surface area contributed by atoms with Crippen LogP contribution < -0.4 is 5.56 Å². The number of alkyl halides is 3. The van der Waals surface area contributed by atoms with Gasteiger partial charge in [-0.05, 0) is 12.1 Å². The Morgan fingerprint density at radius 3 is 2.42 bits per heavy atom. The number of oxazole rings is 1. The van der Waals surface area contributed by atoms with Crippen molar-refractivity contribution in [2.45, 2.75) is 12.7 Å². The minimum atomic E-state index is -4.94. The standard InChI is InChI=1S/C16H13F3N4O3/c1-22(2)10(24)8-23-14(25)11-13(21-15(23)16(17,18)19)26-12(20-11)9-6-4-3-5-7-9/h3-7H,8H2,1-2H3. The van der Waals surface area contributed by atoms with E-state index in [2.05, 4.69) is 9.97 Å². The monoisotopic (exact) mass is 366 g/mol. The third kappa shape index (κ3) is 3.17. The second-order valence-corrected chi connectivity index (χ2v) is 5.65. The summed E-state index contributed by atoms with van der Waals surface area (Å²) >= 11 is 0. The molecule has 3 rings (SSSR count). The predicted octanol–water partition coefficient (Wildman–Crippen LogP) is 2.16. The zero-order chi connectivity index (χ0) is 19.1. The van der Waals surface area contributed by atoms with Crippen LogP contribution in [0.1, 0.15) is 5.82 Å². The Morgan fingerprint density at radius 2 is 1.85 bits per heavy atom. The summed E-state index contributed by atoms with van der Waals surface area (Å²) in [5.74, 6) is -2.23. The number of amides is 1. The lowest BCUT2D eigenvalue weighted by atomic mass is 10.2. The summed E-state index contributed by atoms with van der Waals surface area (Å²) < 4.78 is 45.5. The summed E-state index contributed by atoms with van der Waals surface area (Å²) in [4.78, 5) is 32.8. The van der Waals surface area contributed by atoms with Gasteiger partial charge in [-0.25, -0.2) is 4.98 Å². The first kappa shape index (κ1) is 17.6. The number of carbonyl (C=O) groups excluding carboxylic acids is 1. The number of rotatable bonds is 3. The summed E-state index contributed by atoms with van der Waals surface area (Å²) in [5, 5.41) is 0. The molecule has 3 aromatic rings. The van der Waals surface area contributed by atoms with Crippen LogP contribution in [0.3, 0.4) is 0 Å². The third-order valence-corrected chi connectivity index (χ3v) is 3.59. The first-order chi connectivity index (χ1) is 12.2. The van der Waals surface area contributed by atoms with Crippen LogP contribution in [0.5, 0.6) is 0 Å². The van der Waals surface area contributed by atoms with Gasteiger partial charge < -0.3 is 9.32 Å². The maximum Gasteiger partial charge on any atom is 0.449 e. The summed E-state index contributed by atoms with van der Waals surface area (Å²) in [6.07, 6.45) is -4.94. The molecule has 0 radical (unpaired) electrons. The molecule has 2 heterocycles.